The molecule has 0 aromatic rings. The predicted octanol–water partition coefficient (Wildman–Crippen LogP) is 1.60. The van der Waals surface area contributed by atoms with Gasteiger partial charge in [-0.05, 0) is 18.8 Å². The number of nitrogens with zero attached hydrogens (tertiary/aromatic N) is 1. The molecule has 3 atom stereocenters. The minimum Gasteiger partial charge on any atom is -0.481 e. The van der Waals surface area contributed by atoms with E-state index < -0.39 is 17.8 Å². The maximum atomic E-state index is 12.1. The van der Waals surface area contributed by atoms with Gasteiger partial charge in [-0.3, -0.25) is 9.59 Å². The Morgan fingerprint density at radius 2 is 1.94 bits per heavy atom. The topological polar surface area (TPSA) is 57.6 Å². The van der Waals surface area contributed by atoms with Gasteiger partial charge in [-0.25, -0.2) is 0 Å². The van der Waals surface area contributed by atoms with E-state index in [4.69, 9.17) is 5.11 Å². The number of likely N-dealkylation sites (tertiary alicyclic amines) is 1. The maximum absolute atomic E-state index is 12.1. The van der Waals surface area contributed by atoms with Crippen LogP contribution in [0.5, 0.6) is 0 Å². The average Bonchev–Trinajstić information content (AvgIpc) is 2.26. The van der Waals surface area contributed by atoms with Crippen LogP contribution in [-0.2, 0) is 9.59 Å². The van der Waals surface area contributed by atoms with Crippen LogP contribution < -0.4 is 0 Å². The standard InChI is InChI=1S/C12H21NO3/c1-8-5-4-6-13(7-8)11(14)9(2)10(3)12(15)16/h8-10H,4-7H2,1-3H3,(H,15,16). The average molecular weight is 227 g/mol. The minimum absolute atomic E-state index is 0.0125. The van der Waals surface area contributed by atoms with Crippen molar-refractivity contribution in [2.45, 2.75) is 33.6 Å². The first kappa shape index (κ1) is 13.0. The molecule has 4 heteroatoms. The van der Waals surface area contributed by atoms with E-state index in [-0.39, 0.29) is 5.91 Å². The molecule has 1 saturated heterocycles. The summed E-state index contributed by atoms with van der Waals surface area (Å²) in [5.74, 6) is -1.41. The third kappa shape index (κ3) is 2.97. The van der Waals surface area contributed by atoms with Crippen LogP contribution in [0.4, 0.5) is 0 Å². The lowest BCUT2D eigenvalue weighted by atomic mass is 9.92. The van der Waals surface area contributed by atoms with Crippen molar-refractivity contribution >= 4 is 11.9 Å². The molecule has 1 amide bonds. The Morgan fingerprint density at radius 1 is 1.31 bits per heavy atom. The van der Waals surface area contributed by atoms with Gasteiger partial charge in [0, 0.05) is 19.0 Å². The first-order valence-corrected chi connectivity index (χ1v) is 5.95. The molecule has 0 spiro atoms. The van der Waals surface area contributed by atoms with E-state index in [1.54, 1.807) is 13.8 Å². The van der Waals surface area contributed by atoms with Gasteiger partial charge in [0.05, 0.1) is 5.92 Å². The van der Waals surface area contributed by atoms with Crippen LogP contribution in [0.3, 0.4) is 0 Å². The Balaban J connectivity index is 2.59. The van der Waals surface area contributed by atoms with Crippen LogP contribution in [0, 0.1) is 17.8 Å². The van der Waals surface area contributed by atoms with Gasteiger partial charge in [-0.2, -0.15) is 0 Å². The number of rotatable bonds is 3. The molecule has 0 bridgehead atoms. The summed E-state index contributed by atoms with van der Waals surface area (Å²) in [6.07, 6.45) is 2.19. The molecule has 92 valence electrons. The van der Waals surface area contributed by atoms with Gasteiger partial charge < -0.3 is 10.0 Å². The summed E-state index contributed by atoms with van der Waals surface area (Å²) >= 11 is 0. The van der Waals surface area contributed by atoms with Crippen molar-refractivity contribution in [1.29, 1.82) is 0 Å². The van der Waals surface area contributed by atoms with Crippen LogP contribution in [-0.4, -0.2) is 35.0 Å². The minimum atomic E-state index is -0.897. The van der Waals surface area contributed by atoms with E-state index in [1.165, 1.54) is 0 Å². The molecule has 1 rings (SSSR count). The Bertz CT molecular complexity index is 277. The number of piperidine rings is 1. The summed E-state index contributed by atoms with van der Waals surface area (Å²) in [6.45, 7) is 6.98. The molecule has 4 nitrogen and oxygen atoms in total. The monoisotopic (exact) mass is 227 g/mol. The van der Waals surface area contributed by atoms with E-state index in [1.807, 2.05) is 4.90 Å². The molecule has 1 aliphatic heterocycles. The quantitative estimate of drug-likeness (QED) is 0.796. The van der Waals surface area contributed by atoms with Crippen molar-refractivity contribution in [1.82, 2.24) is 4.90 Å². The van der Waals surface area contributed by atoms with Crippen LogP contribution in [0.1, 0.15) is 33.6 Å². The fourth-order valence-corrected chi connectivity index (χ4v) is 2.11. The van der Waals surface area contributed by atoms with Gasteiger partial charge in [-0.1, -0.05) is 20.8 Å². The van der Waals surface area contributed by atoms with E-state index >= 15 is 0 Å². The lowest BCUT2D eigenvalue weighted by Crippen LogP contribution is -2.44. The summed E-state index contributed by atoms with van der Waals surface area (Å²) in [5.41, 5.74) is 0. The normalized spacial score (nSPS) is 24.9. The van der Waals surface area contributed by atoms with Crippen LogP contribution >= 0.6 is 0 Å². The zero-order chi connectivity index (χ0) is 12.3. The van der Waals surface area contributed by atoms with Gasteiger partial charge in [0.15, 0.2) is 0 Å². The number of carboxylic acid groups (broad SMARTS) is 1. The van der Waals surface area contributed by atoms with Crippen molar-refractivity contribution in [3.8, 4) is 0 Å². The van der Waals surface area contributed by atoms with Gasteiger partial charge in [0.2, 0.25) is 5.91 Å². The Kier molecular flexibility index (Phi) is 4.33. The molecule has 0 radical (unpaired) electrons. The van der Waals surface area contributed by atoms with Crippen molar-refractivity contribution < 1.29 is 14.7 Å². The smallest absolute Gasteiger partial charge is 0.307 e. The number of carbonyl (C=O) groups is 2. The Labute approximate surface area is 96.6 Å². The maximum Gasteiger partial charge on any atom is 0.307 e. The molecule has 16 heavy (non-hydrogen) atoms. The lowest BCUT2D eigenvalue weighted by Gasteiger charge is -2.33. The fraction of sp³-hybridized carbons (Fsp3) is 0.833. The summed E-state index contributed by atoms with van der Waals surface area (Å²) in [7, 11) is 0. The van der Waals surface area contributed by atoms with Gasteiger partial charge in [0.1, 0.15) is 0 Å². The van der Waals surface area contributed by atoms with Crippen molar-refractivity contribution in [2.75, 3.05) is 13.1 Å². The van der Waals surface area contributed by atoms with Gasteiger partial charge in [-0.15, -0.1) is 0 Å². The van der Waals surface area contributed by atoms with E-state index in [0.717, 1.165) is 25.9 Å². The number of aliphatic carboxylic acids is 1. The molecule has 1 heterocycles. The molecule has 1 N–H and O–H groups in total. The molecule has 3 unspecified atom stereocenters. The highest BCUT2D eigenvalue weighted by Crippen LogP contribution is 2.20. The predicted molar refractivity (Wildman–Crippen MR) is 60.9 cm³/mol. The number of hydrogen-bond acceptors (Lipinski definition) is 2. The second-order valence-electron chi connectivity index (χ2n) is 4.95. The first-order chi connectivity index (χ1) is 7.43. The first-order valence-electron chi connectivity index (χ1n) is 5.95. The second-order valence-corrected chi connectivity index (χ2v) is 4.95. The van der Waals surface area contributed by atoms with Crippen molar-refractivity contribution in [3.05, 3.63) is 0 Å². The lowest BCUT2D eigenvalue weighted by molar-refractivity contribution is -0.149. The van der Waals surface area contributed by atoms with E-state index in [2.05, 4.69) is 6.92 Å². The fourth-order valence-electron chi connectivity index (χ4n) is 2.11. The van der Waals surface area contributed by atoms with Gasteiger partial charge in [0.25, 0.3) is 0 Å². The van der Waals surface area contributed by atoms with Crippen LogP contribution in [0.25, 0.3) is 0 Å². The summed E-state index contributed by atoms with van der Waals surface area (Å²) < 4.78 is 0. The molecule has 0 aliphatic carbocycles. The van der Waals surface area contributed by atoms with Gasteiger partial charge >= 0.3 is 5.97 Å². The summed E-state index contributed by atoms with van der Waals surface area (Å²) in [6, 6.07) is 0. The zero-order valence-corrected chi connectivity index (χ0v) is 10.3. The molecule has 1 fully saturated rings. The summed E-state index contributed by atoms with van der Waals surface area (Å²) in [5, 5.41) is 8.88. The molecular formula is C12H21NO3. The molecule has 0 aromatic heterocycles. The van der Waals surface area contributed by atoms with Crippen molar-refractivity contribution in [3.63, 3.8) is 0 Å². The second kappa shape index (κ2) is 5.32. The largest absolute Gasteiger partial charge is 0.481 e. The molecular weight excluding hydrogens is 206 g/mol. The SMILES string of the molecule is CC1CCCN(C(=O)C(C)C(C)C(=O)O)C1. The third-order valence-corrected chi connectivity index (χ3v) is 3.50. The highest BCUT2D eigenvalue weighted by Gasteiger charge is 2.31. The third-order valence-electron chi connectivity index (χ3n) is 3.50. The highest BCUT2D eigenvalue weighted by atomic mass is 16.4. The highest BCUT2D eigenvalue weighted by molar-refractivity contribution is 5.84. The van der Waals surface area contributed by atoms with Crippen LogP contribution in [0.2, 0.25) is 0 Å². The van der Waals surface area contributed by atoms with E-state index in [0.29, 0.717) is 5.92 Å². The number of amides is 1. The number of carboxylic acids is 1. The Hall–Kier alpha value is -1.06. The number of carbonyl (C=O) groups excluding carboxylic acids is 1. The molecule has 0 aromatic carbocycles. The molecule has 1 aliphatic rings. The van der Waals surface area contributed by atoms with E-state index in [9.17, 15) is 9.59 Å². The number of hydrogen-bond donors (Lipinski definition) is 1. The zero-order valence-electron chi connectivity index (χ0n) is 10.3. The summed E-state index contributed by atoms with van der Waals surface area (Å²) in [4.78, 5) is 24.7. The van der Waals surface area contributed by atoms with Crippen molar-refractivity contribution in [2.24, 2.45) is 17.8 Å². The van der Waals surface area contributed by atoms with Crippen LogP contribution in [0.15, 0.2) is 0 Å². The Morgan fingerprint density at radius 3 is 2.44 bits per heavy atom. The molecule has 0 saturated carbocycles.